The molecule has 0 aliphatic heterocycles. The van der Waals surface area contributed by atoms with Crippen LogP contribution in [0.25, 0.3) is 0 Å². The molecule has 2 aromatic rings. The topological polar surface area (TPSA) is 50.1 Å². The molecule has 0 aliphatic rings. The number of aliphatic hydroxyl groups excluding tert-OH is 1. The van der Waals surface area contributed by atoms with Gasteiger partial charge in [0.25, 0.3) is 0 Å². The summed E-state index contributed by atoms with van der Waals surface area (Å²) in [5.74, 6) is -1.22. The molecule has 0 bridgehead atoms. The van der Waals surface area contributed by atoms with Crippen LogP contribution in [-0.4, -0.2) is 21.5 Å². The molecule has 2 rings (SSSR count). The Hall–Kier alpha value is -1.47. The average Bonchev–Trinajstić information content (AvgIpc) is 2.76. The fourth-order valence-electron chi connectivity index (χ4n) is 1.61. The van der Waals surface area contributed by atoms with E-state index in [-0.39, 0.29) is 18.7 Å². The molecule has 0 amide bonds. The smallest absolute Gasteiger partial charge is 0.132 e. The molecule has 0 fully saturated rings. The van der Waals surface area contributed by atoms with E-state index in [4.69, 9.17) is 5.11 Å². The van der Waals surface area contributed by atoms with E-state index < -0.39 is 11.6 Å². The predicted molar refractivity (Wildman–Crippen MR) is 70.7 cm³/mol. The number of benzene rings is 1. The van der Waals surface area contributed by atoms with Gasteiger partial charge in [0.2, 0.25) is 0 Å². The molecule has 1 aromatic heterocycles. The van der Waals surface area contributed by atoms with Gasteiger partial charge in [0.05, 0.1) is 25.0 Å². The van der Waals surface area contributed by atoms with Gasteiger partial charge in [-0.3, -0.25) is 4.68 Å². The Morgan fingerprint density at radius 1 is 1.32 bits per heavy atom. The Balaban J connectivity index is 2.05. The number of halogens is 3. The minimum Gasteiger partial charge on any atom is -0.394 e. The van der Waals surface area contributed by atoms with E-state index in [0.717, 1.165) is 0 Å². The zero-order chi connectivity index (χ0) is 13.8. The number of nitrogens with one attached hydrogen (secondary N) is 1. The van der Waals surface area contributed by atoms with Crippen molar-refractivity contribution in [3.05, 3.63) is 46.2 Å². The van der Waals surface area contributed by atoms with Crippen LogP contribution in [0.2, 0.25) is 0 Å². The minimum absolute atomic E-state index is 0.0168. The quantitative estimate of drug-likeness (QED) is 0.885. The highest BCUT2D eigenvalue weighted by atomic mass is 79.9. The maximum atomic E-state index is 13.6. The third-order valence-corrected chi connectivity index (χ3v) is 3.00. The normalized spacial score (nSPS) is 10.7. The number of nitrogens with zero attached hydrogens (tertiary/aromatic N) is 2. The minimum atomic E-state index is -0.609. The fourth-order valence-corrected chi connectivity index (χ4v) is 2.01. The van der Waals surface area contributed by atoms with E-state index in [1.165, 1.54) is 23.0 Å². The van der Waals surface area contributed by atoms with E-state index in [1.54, 1.807) is 6.20 Å². The van der Waals surface area contributed by atoms with Crippen molar-refractivity contribution in [3.63, 3.8) is 0 Å². The second kappa shape index (κ2) is 6.12. The lowest BCUT2D eigenvalue weighted by atomic mass is 10.2. The second-order valence-electron chi connectivity index (χ2n) is 3.92. The summed E-state index contributed by atoms with van der Waals surface area (Å²) in [6.45, 7) is 0.384. The van der Waals surface area contributed by atoms with Gasteiger partial charge in [-0.1, -0.05) is 15.9 Å². The first-order valence-electron chi connectivity index (χ1n) is 5.60. The Morgan fingerprint density at radius 2 is 2.00 bits per heavy atom. The summed E-state index contributed by atoms with van der Waals surface area (Å²) >= 11 is 3.03. The molecule has 2 N–H and O–H groups in total. The molecule has 0 spiro atoms. The third kappa shape index (κ3) is 3.51. The van der Waals surface area contributed by atoms with E-state index in [0.29, 0.717) is 16.7 Å². The van der Waals surface area contributed by atoms with Crippen LogP contribution in [0.5, 0.6) is 0 Å². The lowest BCUT2D eigenvalue weighted by molar-refractivity contribution is 0.269. The van der Waals surface area contributed by atoms with Gasteiger partial charge in [-0.15, -0.1) is 0 Å². The lowest BCUT2D eigenvalue weighted by Crippen LogP contribution is -2.05. The van der Waals surface area contributed by atoms with Gasteiger partial charge in [-0.05, 0) is 12.1 Å². The van der Waals surface area contributed by atoms with Gasteiger partial charge in [0.15, 0.2) is 0 Å². The summed E-state index contributed by atoms with van der Waals surface area (Å²) < 4.78 is 29.1. The molecule has 0 unspecified atom stereocenters. The molecule has 4 nitrogen and oxygen atoms in total. The van der Waals surface area contributed by atoms with Crippen molar-refractivity contribution in [2.24, 2.45) is 0 Å². The van der Waals surface area contributed by atoms with Gasteiger partial charge in [-0.25, -0.2) is 8.78 Å². The summed E-state index contributed by atoms with van der Waals surface area (Å²) in [4.78, 5) is 0. The van der Waals surface area contributed by atoms with Crippen LogP contribution < -0.4 is 5.32 Å². The van der Waals surface area contributed by atoms with Crippen molar-refractivity contribution in [2.75, 3.05) is 11.9 Å². The van der Waals surface area contributed by atoms with E-state index in [1.807, 2.05) is 0 Å². The number of aliphatic hydroxyl groups is 1. The van der Waals surface area contributed by atoms with Gasteiger partial charge < -0.3 is 10.4 Å². The predicted octanol–water partition coefficient (Wildman–Crippen LogP) is 2.53. The molecule has 0 radical (unpaired) electrons. The largest absolute Gasteiger partial charge is 0.394 e. The summed E-state index contributed by atoms with van der Waals surface area (Å²) in [5, 5.41) is 15.6. The number of hydrogen-bond acceptors (Lipinski definition) is 3. The maximum absolute atomic E-state index is 13.6. The van der Waals surface area contributed by atoms with Crippen LogP contribution in [0, 0.1) is 11.6 Å². The molecule has 7 heteroatoms. The SMILES string of the molecule is OCCn1cc(NCc2c(F)cc(Br)cc2F)cn1. The van der Waals surface area contributed by atoms with Crippen molar-refractivity contribution < 1.29 is 13.9 Å². The van der Waals surface area contributed by atoms with Crippen LogP contribution in [0.3, 0.4) is 0 Å². The van der Waals surface area contributed by atoms with Gasteiger partial charge in [0.1, 0.15) is 11.6 Å². The number of aromatic nitrogens is 2. The zero-order valence-electron chi connectivity index (χ0n) is 9.91. The zero-order valence-corrected chi connectivity index (χ0v) is 11.5. The molecular formula is C12H12BrF2N3O. The Labute approximate surface area is 117 Å². The second-order valence-corrected chi connectivity index (χ2v) is 4.83. The molecule has 0 saturated carbocycles. The average molecular weight is 332 g/mol. The Bertz CT molecular complexity index is 551. The molecule has 0 saturated heterocycles. The van der Waals surface area contributed by atoms with Crippen LogP contribution in [-0.2, 0) is 13.1 Å². The van der Waals surface area contributed by atoms with Crippen molar-refractivity contribution in [2.45, 2.75) is 13.1 Å². The van der Waals surface area contributed by atoms with Gasteiger partial charge in [-0.2, -0.15) is 5.10 Å². The number of anilines is 1. The first-order chi connectivity index (χ1) is 9.10. The Morgan fingerprint density at radius 3 is 2.63 bits per heavy atom. The standard InChI is InChI=1S/C12H12BrF2N3O/c13-8-3-11(14)10(12(15)4-8)6-16-9-5-17-18(7-9)1-2-19/h3-5,7,16,19H,1-2,6H2. The van der Waals surface area contributed by atoms with Crippen molar-refractivity contribution >= 4 is 21.6 Å². The van der Waals surface area contributed by atoms with Crippen LogP contribution in [0.1, 0.15) is 5.56 Å². The summed E-state index contributed by atoms with van der Waals surface area (Å²) in [6, 6.07) is 2.44. The lowest BCUT2D eigenvalue weighted by Gasteiger charge is -2.07. The molecule has 0 atom stereocenters. The Kier molecular flexibility index (Phi) is 4.49. The molecule has 0 aliphatic carbocycles. The van der Waals surface area contributed by atoms with Crippen LogP contribution in [0.15, 0.2) is 29.0 Å². The van der Waals surface area contributed by atoms with Gasteiger partial charge >= 0.3 is 0 Å². The molecule has 1 heterocycles. The van der Waals surface area contributed by atoms with Crippen LogP contribution in [0.4, 0.5) is 14.5 Å². The van der Waals surface area contributed by atoms with Crippen molar-refractivity contribution in [1.29, 1.82) is 0 Å². The first-order valence-corrected chi connectivity index (χ1v) is 6.40. The molecular weight excluding hydrogens is 320 g/mol. The number of hydrogen-bond donors (Lipinski definition) is 2. The van der Waals surface area contributed by atoms with E-state index >= 15 is 0 Å². The summed E-state index contributed by atoms with van der Waals surface area (Å²) in [7, 11) is 0. The fraction of sp³-hybridized carbons (Fsp3) is 0.250. The van der Waals surface area contributed by atoms with Gasteiger partial charge in [0, 0.05) is 22.8 Å². The molecule has 1 aromatic carbocycles. The van der Waals surface area contributed by atoms with E-state index in [2.05, 4.69) is 26.3 Å². The summed E-state index contributed by atoms with van der Waals surface area (Å²) in [5.41, 5.74) is 0.605. The number of rotatable bonds is 5. The molecule has 102 valence electrons. The van der Waals surface area contributed by atoms with Crippen LogP contribution >= 0.6 is 15.9 Å². The van der Waals surface area contributed by atoms with Crippen molar-refractivity contribution in [1.82, 2.24) is 9.78 Å². The maximum Gasteiger partial charge on any atom is 0.132 e. The highest BCUT2D eigenvalue weighted by Gasteiger charge is 2.10. The van der Waals surface area contributed by atoms with Crippen molar-refractivity contribution in [3.8, 4) is 0 Å². The van der Waals surface area contributed by atoms with E-state index in [9.17, 15) is 8.78 Å². The summed E-state index contributed by atoms with van der Waals surface area (Å²) in [6.07, 6.45) is 3.19. The monoisotopic (exact) mass is 331 g/mol. The first kappa shape index (κ1) is 14.0. The highest BCUT2D eigenvalue weighted by Crippen LogP contribution is 2.20. The highest BCUT2D eigenvalue weighted by molar-refractivity contribution is 9.10. The molecule has 19 heavy (non-hydrogen) atoms. The third-order valence-electron chi connectivity index (χ3n) is 2.54.